The van der Waals surface area contributed by atoms with Gasteiger partial charge in [0.25, 0.3) is 0 Å². The van der Waals surface area contributed by atoms with Crippen molar-refractivity contribution in [3.05, 3.63) is 23.8 Å². The molecule has 0 saturated carbocycles. The molecule has 1 aromatic carbocycles. The van der Waals surface area contributed by atoms with Gasteiger partial charge < -0.3 is 10.5 Å². The average Bonchev–Trinajstić information content (AvgIpc) is 2.37. The van der Waals surface area contributed by atoms with E-state index in [0.29, 0.717) is 22.2 Å². The van der Waals surface area contributed by atoms with E-state index < -0.39 is 5.91 Å². The van der Waals surface area contributed by atoms with E-state index in [0.717, 1.165) is 0 Å². The summed E-state index contributed by atoms with van der Waals surface area (Å²) in [5.74, 6) is -0.0562. The third-order valence-electron chi connectivity index (χ3n) is 2.04. The highest BCUT2D eigenvalue weighted by molar-refractivity contribution is 8.13. The largest absolute Gasteiger partial charge is 0.494 e. The van der Waals surface area contributed by atoms with Gasteiger partial charge >= 0.3 is 0 Å². The van der Waals surface area contributed by atoms with Crippen LogP contribution < -0.4 is 15.8 Å². The smallest absolute Gasteiger partial charge is 0.248 e. The molecule has 0 spiro atoms. The molecule has 0 saturated heterocycles. The molecule has 18 heavy (non-hydrogen) atoms. The van der Waals surface area contributed by atoms with Crippen molar-refractivity contribution >= 4 is 28.5 Å². The summed E-state index contributed by atoms with van der Waals surface area (Å²) in [7, 11) is 1.49. The van der Waals surface area contributed by atoms with Crippen molar-refractivity contribution in [2.24, 2.45) is 10.7 Å². The normalized spacial score (nSPS) is 10.6. The predicted octanol–water partition coefficient (Wildman–Crippen LogP) is 1.22. The molecule has 0 aliphatic carbocycles. The van der Waals surface area contributed by atoms with Crippen LogP contribution in [0.15, 0.2) is 23.2 Å². The highest BCUT2D eigenvalue weighted by Gasteiger charge is 2.08. The second-order valence-corrected chi connectivity index (χ2v) is 3.90. The summed E-state index contributed by atoms with van der Waals surface area (Å²) in [5, 5.41) is 11.4. The van der Waals surface area contributed by atoms with Crippen LogP contribution in [0.25, 0.3) is 0 Å². The van der Waals surface area contributed by atoms with Crippen LogP contribution >= 0.6 is 11.8 Å². The Kier molecular flexibility index (Phi) is 5.02. The third kappa shape index (κ3) is 3.40. The van der Waals surface area contributed by atoms with Crippen molar-refractivity contribution < 1.29 is 9.53 Å². The van der Waals surface area contributed by atoms with E-state index in [9.17, 15) is 4.79 Å². The Morgan fingerprint density at radius 1 is 1.61 bits per heavy atom. The molecule has 6 nitrogen and oxygen atoms in total. The van der Waals surface area contributed by atoms with Gasteiger partial charge in [0.1, 0.15) is 11.4 Å². The first-order chi connectivity index (χ1) is 8.62. The first kappa shape index (κ1) is 13.9. The Morgan fingerprint density at radius 2 is 2.33 bits per heavy atom. The fourth-order valence-electron chi connectivity index (χ4n) is 1.21. The third-order valence-corrected chi connectivity index (χ3v) is 2.62. The lowest BCUT2D eigenvalue weighted by Crippen LogP contribution is -2.13. The van der Waals surface area contributed by atoms with Crippen molar-refractivity contribution in [2.45, 2.75) is 0 Å². The monoisotopic (exact) mass is 264 g/mol. The molecule has 1 amide bonds. The number of ether oxygens (including phenoxy) is 1. The van der Waals surface area contributed by atoms with Crippen LogP contribution in [0, 0.1) is 11.5 Å². The highest BCUT2D eigenvalue weighted by atomic mass is 32.2. The van der Waals surface area contributed by atoms with Crippen molar-refractivity contribution in [3.63, 3.8) is 0 Å². The molecule has 0 aliphatic heterocycles. The number of nitrogens with two attached hydrogens (primary N) is 1. The number of amides is 1. The zero-order valence-corrected chi connectivity index (χ0v) is 10.7. The molecule has 94 valence electrons. The van der Waals surface area contributed by atoms with Crippen LogP contribution in [0.3, 0.4) is 0 Å². The lowest BCUT2D eigenvalue weighted by Gasteiger charge is -2.07. The molecular formula is C11H12N4O2S. The second kappa shape index (κ2) is 6.51. The fourth-order valence-corrected chi connectivity index (χ4v) is 1.55. The molecule has 0 atom stereocenters. The standard InChI is InChI=1S/C11H12N4O2S/c1-17-9-4-3-7(10(13)16)5-8(9)15-11(18-2)14-6-12/h3-5H,1-2H3,(H2,13,16)(H,14,15). The van der Waals surface area contributed by atoms with Crippen molar-refractivity contribution in [2.75, 3.05) is 13.4 Å². The van der Waals surface area contributed by atoms with Gasteiger partial charge in [-0.1, -0.05) is 11.8 Å². The van der Waals surface area contributed by atoms with Gasteiger partial charge in [0.2, 0.25) is 5.91 Å². The molecule has 1 rings (SSSR count). The van der Waals surface area contributed by atoms with Gasteiger partial charge in [-0.2, -0.15) is 5.26 Å². The predicted molar refractivity (Wildman–Crippen MR) is 70.9 cm³/mol. The number of aliphatic imine (C=N–C) groups is 1. The van der Waals surface area contributed by atoms with Crippen LogP contribution in [-0.4, -0.2) is 24.4 Å². The number of carbonyl (C=O) groups excluding carboxylic acids is 1. The van der Waals surface area contributed by atoms with Crippen molar-refractivity contribution in [3.8, 4) is 11.9 Å². The molecular weight excluding hydrogens is 252 g/mol. The van der Waals surface area contributed by atoms with Gasteiger partial charge in [-0.05, 0) is 24.5 Å². The summed E-state index contributed by atoms with van der Waals surface area (Å²) in [6, 6.07) is 4.66. The van der Waals surface area contributed by atoms with E-state index in [2.05, 4.69) is 10.3 Å². The van der Waals surface area contributed by atoms with E-state index in [1.165, 1.54) is 24.9 Å². The van der Waals surface area contributed by atoms with E-state index in [1.54, 1.807) is 24.6 Å². The first-order valence-electron chi connectivity index (χ1n) is 4.88. The fraction of sp³-hybridized carbons (Fsp3) is 0.182. The van der Waals surface area contributed by atoms with Crippen LogP contribution in [-0.2, 0) is 0 Å². The number of nitriles is 1. The molecule has 0 fully saturated rings. The van der Waals surface area contributed by atoms with E-state index in [-0.39, 0.29) is 0 Å². The number of methoxy groups -OCH3 is 1. The van der Waals surface area contributed by atoms with E-state index >= 15 is 0 Å². The first-order valence-corrected chi connectivity index (χ1v) is 6.10. The van der Waals surface area contributed by atoms with Gasteiger partial charge in [-0.3, -0.25) is 10.1 Å². The topological polar surface area (TPSA) is 100 Å². The van der Waals surface area contributed by atoms with Gasteiger partial charge in [0, 0.05) is 5.56 Å². The summed E-state index contributed by atoms with van der Waals surface area (Å²) in [6.07, 6.45) is 3.55. The summed E-state index contributed by atoms with van der Waals surface area (Å²) in [5.41, 5.74) is 5.95. The number of nitrogens with zero attached hydrogens (tertiary/aromatic N) is 2. The molecule has 0 aliphatic rings. The maximum absolute atomic E-state index is 11.1. The van der Waals surface area contributed by atoms with Gasteiger partial charge in [-0.25, -0.2) is 4.99 Å². The number of hydrogen-bond donors (Lipinski definition) is 2. The molecule has 0 bridgehead atoms. The van der Waals surface area contributed by atoms with Crippen molar-refractivity contribution in [1.82, 2.24) is 5.32 Å². The Bertz CT molecular complexity index is 522. The number of hydrogen-bond acceptors (Lipinski definition) is 5. The minimum atomic E-state index is -0.548. The van der Waals surface area contributed by atoms with Crippen molar-refractivity contribution in [1.29, 1.82) is 5.26 Å². The van der Waals surface area contributed by atoms with Gasteiger partial charge in [0.15, 0.2) is 11.4 Å². The summed E-state index contributed by atoms with van der Waals surface area (Å²) >= 11 is 1.27. The number of primary amides is 1. The van der Waals surface area contributed by atoms with Crippen LogP contribution in [0.4, 0.5) is 5.69 Å². The van der Waals surface area contributed by atoms with Crippen LogP contribution in [0.1, 0.15) is 10.4 Å². The molecule has 0 aromatic heterocycles. The number of rotatable bonds is 3. The maximum Gasteiger partial charge on any atom is 0.248 e. The molecule has 0 heterocycles. The molecule has 3 N–H and O–H groups in total. The van der Waals surface area contributed by atoms with Crippen LogP contribution in [0.5, 0.6) is 5.75 Å². The Balaban J connectivity index is 3.23. The SMILES string of the molecule is COc1ccc(C(N)=O)cc1N=C(NC#N)SC. The molecule has 0 unspecified atom stereocenters. The quantitative estimate of drug-likeness (QED) is 0.370. The molecule has 7 heteroatoms. The Morgan fingerprint density at radius 3 is 2.83 bits per heavy atom. The zero-order chi connectivity index (χ0) is 13.5. The summed E-state index contributed by atoms with van der Waals surface area (Å²) in [4.78, 5) is 15.3. The molecule has 1 aromatic rings. The summed E-state index contributed by atoms with van der Waals surface area (Å²) in [6.45, 7) is 0. The number of amidine groups is 1. The van der Waals surface area contributed by atoms with Gasteiger partial charge in [0.05, 0.1) is 7.11 Å². The lowest BCUT2D eigenvalue weighted by atomic mass is 10.2. The minimum absolute atomic E-state index is 0.326. The summed E-state index contributed by atoms with van der Waals surface area (Å²) < 4.78 is 5.12. The zero-order valence-electron chi connectivity index (χ0n) is 9.93. The Hall–Kier alpha value is -2.20. The molecule has 0 radical (unpaired) electrons. The number of benzene rings is 1. The number of nitrogens with one attached hydrogen (secondary N) is 1. The minimum Gasteiger partial charge on any atom is -0.494 e. The lowest BCUT2D eigenvalue weighted by molar-refractivity contribution is 0.100. The Labute approximate surface area is 109 Å². The van der Waals surface area contributed by atoms with E-state index in [4.69, 9.17) is 15.7 Å². The number of thioether (sulfide) groups is 1. The maximum atomic E-state index is 11.1. The highest BCUT2D eigenvalue weighted by Crippen LogP contribution is 2.29. The van der Waals surface area contributed by atoms with Gasteiger partial charge in [-0.15, -0.1) is 0 Å². The average molecular weight is 264 g/mol. The number of carbonyl (C=O) groups is 1. The van der Waals surface area contributed by atoms with Crippen LogP contribution in [0.2, 0.25) is 0 Å². The van der Waals surface area contributed by atoms with E-state index in [1.807, 2.05) is 0 Å². The second-order valence-electron chi connectivity index (χ2n) is 3.11.